The van der Waals surface area contributed by atoms with Crippen LogP contribution in [0.15, 0.2) is 5.10 Å². The molecular weight excluding hydrogens is 444 g/mol. The number of unbranched alkanes of at least 4 members (excludes halogenated alkanes) is 1. The first-order chi connectivity index (χ1) is 16.9. The molecule has 0 saturated heterocycles. The molecule has 5 nitrogen and oxygen atoms in total. The predicted molar refractivity (Wildman–Crippen MR) is 159 cm³/mol. The number of aldehydes is 1. The maximum absolute atomic E-state index is 10.8. The van der Waals surface area contributed by atoms with Crippen molar-refractivity contribution in [2.24, 2.45) is 63.0 Å². The van der Waals surface area contributed by atoms with Crippen LogP contribution in [0.1, 0.15) is 126 Å². The van der Waals surface area contributed by atoms with Crippen LogP contribution in [0.5, 0.6) is 0 Å². The Morgan fingerprint density at radius 2 is 1.64 bits per heavy atom. The normalized spacial score (nSPS) is 37.9. The first-order valence-corrected chi connectivity index (χ1v) is 14.8. The highest BCUT2D eigenvalue weighted by Crippen LogP contribution is 2.69. The molecule has 8 atom stereocenters. The molecule has 7 unspecified atom stereocenters. The second kappa shape index (κ2) is 17.5. The maximum Gasteiger partial charge on any atom is 0.119 e. The van der Waals surface area contributed by atoms with Crippen LogP contribution >= 0.6 is 0 Å². The molecule has 0 aromatic heterocycles. The molecule has 36 heavy (non-hydrogen) atoms. The van der Waals surface area contributed by atoms with Gasteiger partial charge in [0, 0.05) is 19.8 Å². The lowest BCUT2D eigenvalue weighted by Gasteiger charge is -2.62. The summed E-state index contributed by atoms with van der Waals surface area (Å²) in [5, 5.41) is 5.46. The van der Waals surface area contributed by atoms with Crippen LogP contribution in [-0.2, 0) is 4.79 Å². The largest absolute Gasteiger partial charge is 0.324 e. The van der Waals surface area contributed by atoms with E-state index in [-0.39, 0.29) is 7.43 Å². The van der Waals surface area contributed by atoms with Crippen LogP contribution in [0.2, 0.25) is 0 Å². The van der Waals surface area contributed by atoms with Crippen molar-refractivity contribution in [3.8, 4) is 0 Å². The minimum Gasteiger partial charge on any atom is -0.324 e. The summed E-state index contributed by atoms with van der Waals surface area (Å²) in [6.45, 7) is 15.3. The van der Waals surface area contributed by atoms with E-state index in [1.165, 1.54) is 64.2 Å². The fraction of sp³-hybridized carbons (Fsp3) is 0.935. The number of carbonyl (C=O) groups is 1. The number of rotatable bonds is 6. The molecule has 4 aliphatic carbocycles. The van der Waals surface area contributed by atoms with Gasteiger partial charge in [-0.1, -0.05) is 61.3 Å². The van der Waals surface area contributed by atoms with Crippen molar-refractivity contribution in [1.29, 1.82) is 0 Å². The Hall–Kier alpha value is -0.940. The molecule has 0 heterocycles. The van der Waals surface area contributed by atoms with E-state index in [9.17, 15) is 4.79 Å². The predicted octanol–water partition coefficient (Wildman–Crippen LogP) is 7.39. The van der Waals surface area contributed by atoms with Gasteiger partial charge in [0.1, 0.15) is 6.29 Å². The van der Waals surface area contributed by atoms with Crippen molar-refractivity contribution < 1.29 is 4.79 Å². The average Bonchev–Trinajstić information content (AvgIpc) is 3.21. The Morgan fingerprint density at radius 3 is 2.19 bits per heavy atom. The summed E-state index contributed by atoms with van der Waals surface area (Å²) in [4.78, 5) is 10.8. The highest BCUT2D eigenvalue weighted by molar-refractivity contribution is 5.48. The number of carbonyl (C=O) groups excluding carboxylic acids is 1. The lowest BCUT2D eigenvalue weighted by atomic mass is 9.42. The summed E-state index contributed by atoms with van der Waals surface area (Å²) >= 11 is 0. The minimum atomic E-state index is 0. The van der Waals surface area contributed by atoms with Gasteiger partial charge in [-0.05, 0) is 111 Å². The Bertz CT molecular complexity index is 597. The van der Waals surface area contributed by atoms with Crippen molar-refractivity contribution in [2.45, 2.75) is 126 Å². The Morgan fingerprint density at radius 1 is 1.03 bits per heavy atom. The third-order valence-electron chi connectivity index (χ3n) is 10.6. The topological polar surface area (TPSA) is 93.5 Å². The van der Waals surface area contributed by atoms with E-state index in [1.807, 2.05) is 13.8 Å². The molecule has 0 radical (unpaired) electrons. The first kappa shape index (κ1) is 35.1. The van der Waals surface area contributed by atoms with Crippen LogP contribution in [0, 0.1) is 46.3 Å². The molecule has 0 aromatic rings. The third-order valence-corrected chi connectivity index (χ3v) is 10.6. The van der Waals surface area contributed by atoms with Crippen LogP contribution in [-0.4, -0.2) is 26.7 Å². The number of nitrogens with zero attached hydrogens (tertiary/aromatic N) is 1. The highest BCUT2D eigenvalue weighted by atomic mass is 16.1. The van der Waals surface area contributed by atoms with Crippen LogP contribution in [0.3, 0.4) is 0 Å². The minimum absolute atomic E-state index is 0. The number of nitrogens with one attached hydrogen (secondary N) is 1. The number of hydrogen-bond donors (Lipinski definition) is 3. The van der Waals surface area contributed by atoms with Crippen LogP contribution in [0.4, 0.5) is 0 Å². The van der Waals surface area contributed by atoms with Crippen molar-refractivity contribution in [1.82, 2.24) is 5.32 Å². The zero-order valence-corrected chi connectivity index (χ0v) is 24.2. The van der Waals surface area contributed by atoms with Gasteiger partial charge in [0.25, 0.3) is 0 Å². The summed E-state index contributed by atoms with van der Waals surface area (Å²) in [5.74, 6) is 10.3. The summed E-state index contributed by atoms with van der Waals surface area (Å²) in [6, 6.07) is 0. The van der Waals surface area contributed by atoms with Crippen molar-refractivity contribution in [3.63, 3.8) is 0 Å². The number of hydrogen-bond acceptors (Lipinski definition) is 5. The van der Waals surface area contributed by atoms with E-state index in [0.717, 1.165) is 54.6 Å². The zero-order valence-electron chi connectivity index (χ0n) is 24.2. The molecule has 0 amide bonds. The Balaban J connectivity index is 0.00000108. The maximum atomic E-state index is 10.8. The smallest absolute Gasteiger partial charge is 0.119 e. The summed E-state index contributed by atoms with van der Waals surface area (Å²) in [7, 11) is 1.81. The molecule has 5 N–H and O–H groups in total. The molecule has 5 heteroatoms. The van der Waals surface area contributed by atoms with Gasteiger partial charge in [-0.3, -0.25) is 0 Å². The van der Waals surface area contributed by atoms with E-state index in [1.54, 1.807) is 13.5 Å². The molecule has 0 aliphatic heterocycles. The zero-order chi connectivity index (χ0) is 26.5. The molecule has 0 bridgehead atoms. The van der Waals surface area contributed by atoms with Gasteiger partial charge in [0.15, 0.2) is 0 Å². The van der Waals surface area contributed by atoms with Gasteiger partial charge in [-0.25, -0.2) is 0 Å². The number of fused-ring (bicyclic) bond motifs is 5. The van der Waals surface area contributed by atoms with Gasteiger partial charge in [0.2, 0.25) is 0 Å². The summed E-state index contributed by atoms with van der Waals surface area (Å²) in [5.41, 5.74) is 6.15. The Labute approximate surface area is 225 Å². The van der Waals surface area contributed by atoms with Gasteiger partial charge < -0.3 is 21.7 Å². The SMILES string of the molecule is C.C=NN.CC.CC[C@H]1CC2C3CCC(CCCC=O)C3(C)CCC2C2(C)CCCCC12.CNCN. The lowest BCUT2D eigenvalue weighted by molar-refractivity contribution is -0.135. The van der Waals surface area contributed by atoms with E-state index in [2.05, 4.69) is 43.7 Å². The molecule has 4 saturated carbocycles. The second-order valence-corrected chi connectivity index (χ2v) is 11.8. The molecule has 4 aliphatic rings. The highest BCUT2D eigenvalue weighted by Gasteiger charge is 2.60. The van der Waals surface area contributed by atoms with Crippen molar-refractivity contribution in [3.05, 3.63) is 0 Å². The van der Waals surface area contributed by atoms with E-state index >= 15 is 0 Å². The first-order valence-electron chi connectivity index (χ1n) is 14.8. The van der Waals surface area contributed by atoms with Crippen LogP contribution < -0.4 is 16.9 Å². The number of nitrogens with two attached hydrogens (primary N) is 2. The van der Waals surface area contributed by atoms with E-state index in [0.29, 0.717) is 17.5 Å². The Kier molecular flexibility index (Phi) is 17.1. The molecular formula is C31H64N4O. The van der Waals surface area contributed by atoms with Gasteiger partial charge in [0.05, 0.1) is 0 Å². The quantitative estimate of drug-likeness (QED) is 0.0870. The fourth-order valence-corrected chi connectivity index (χ4v) is 9.05. The van der Waals surface area contributed by atoms with Crippen molar-refractivity contribution >= 4 is 13.0 Å². The van der Waals surface area contributed by atoms with Gasteiger partial charge in [-0.2, -0.15) is 5.10 Å². The number of hydrazone groups is 1. The molecule has 0 spiro atoms. The molecule has 4 rings (SSSR count). The lowest BCUT2D eigenvalue weighted by Crippen LogP contribution is -2.55. The summed E-state index contributed by atoms with van der Waals surface area (Å²) in [6.07, 6.45) is 19.2. The molecule has 214 valence electrons. The molecule has 4 fully saturated rings. The average molecular weight is 509 g/mol. The van der Waals surface area contributed by atoms with E-state index in [4.69, 9.17) is 5.73 Å². The monoisotopic (exact) mass is 509 g/mol. The third kappa shape index (κ3) is 7.79. The standard InChI is InChI=1S/C25H42O.C2H8N2.C2H6.CH4N2.CH4/c1-4-18-17-20-22-12-11-19(9-6-8-16-26)24(22,2)15-13-23(20)25(3)14-7-5-10-21(18)25;1-4-2-3;1-2;1-3-2;/h16,18-23H,4-15,17H2,1-3H3;4H,2-3H2,1H3;1-2H3;1-2H2;1H4/t18-,19?,20?,21?,22?,23?,24?,25?;;;;/m0..../s1. The fourth-order valence-electron chi connectivity index (χ4n) is 9.05. The van der Waals surface area contributed by atoms with Gasteiger partial charge >= 0.3 is 0 Å². The molecule has 0 aromatic carbocycles. The van der Waals surface area contributed by atoms with Crippen molar-refractivity contribution in [2.75, 3.05) is 13.7 Å². The van der Waals surface area contributed by atoms with Gasteiger partial charge in [-0.15, -0.1) is 0 Å². The van der Waals surface area contributed by atoms with E-state index < -0.39 is 0 Å². The summed E-state index contributed by atoms with van der Waals surface area (Å²) < 4.78 is 0. The second-order valence-electron chi connectivity index (χ2n) is 11.8. The van der Waals surface area contributed by atoms with Crippen LogP contribution in [0.25, 0.3) is 0 Å².